The molecule has 56 valence electrons. The van der Waals surface area contributed by atoms with Crippen LogP contribution >= 0.6 is 0 Å². The van der Waals surface area contributed by atoms with Gasteiger partial charge >= 0.3 is 135 Å². The Bertz CT molecular complexity index is 242. The van der Waals surface area contributed by atoms with Crippen LogP contribution in [0.4, 0.5) is 0 Å². The van der Waals surface area contributed by atoms with E-state index in [1.807, 2.05) is 0 Å². The van der Waals surface area contributed by atoms with E-state index >= 15 is 0 Å². The fourth-order valence-electron chi connectivity index (χ4n) is 0.102. The Morgan fingerprint density at radius 3 is 1.09 bits per heavy atom. The standard InChI is InChI=1S/2Cr.K.Na.7O/q;;2*+1;;;;;;2*-1. The van der Waals surface area contributed by atoms with Crippen molar-refractivity contribution < 1.29 is 135 Å². The average molecular weight is 278 g/mol. The summed E-state index contributed by atoms with van der Waals surface area (Å²) in [6.07, 6.45) is 0. The van der Waals surface area contributed by atoms with Crippen LogP contribution in [0.5, 0.6) is 0 Å². The normalized spacial score (nSPS) is 11.1. The first-order valence-corrected chi connectivity index (χ1v) is 5.50. The Hall–Kier alpha value is 2.78. The van der Waals surface area contributed by atoms with Crippen molar-refractivity contribution in [1.82, 2.24) is 0 Å². The molecule has 0 aliphatic carbocycles. The minimum atomic E-state index is -6.07. The second-order valence-corrected chi connectivity index (χ2v) is 4.52. The van der Waals surface area contributed by atoms with Crippen molar-refractivity contribution in [1.29, 1.82) is 0 Å². The van der Waals surface area contributed by atoms with Gasteiger partial charge in [0.2, 0.25) is 0 Å². The van der Waals surface area contributed by atoms with Gasteiger partial charge in [0.05, 0.1) is 0 Å². The Labute approximate surface area is 131 Å². The zero-order chi connectivity index (χ0) is 7.71. The van der Waals surface area contributed by atoms with Crippen LogP contribution in [0.3, 0.4) is 0 Å². The first-order chi connectivity index (χ1) is 3.71. The van der Waals surface area contributed by atoms with Gasteiger partial charge < -0.3 is 0 Å². The van der Waals surface area contributed by atoms with Crippen LogP contribution in [-0.2, 0) is 45.3 Å². The summed E-state index contributed by atoms with van der Waals surface area (Å²) in [5, 5.41) is 0. The van der Waals surface area contributed by atoms with Crippen molar-refractivity contribution in [3.8, 4) is 0 Å². The van der Waals surface area contributed by atoms with E-state index in [1.54, 1.807) is 0 Å². The molecule has 0 radical (unpaired) electrons. The molecule has 0 amide bonds. The van der Waals surface area contributed by atoms with Gasteiger partial charge in [-0.2, -0.15) is 0 Å². The van der Waals surface area contributed by atoms with Crippen molar-refractivity contribution >= 4 is 0 Å². The van der Waals surface area contributed by atoms with Crippen LogP contribution in [0.15, 0.2) is 0 Å². The van der Waals surface area contributed by atoms with Crippen molar-refractivity contribution in [2.75, 3.05) is 0 Å². The molecule has 0 aromatic carbocycles. The molecule has 0 aromatic rings. The summed E-state index contributed by atoms with van der Waals surface area (Å²) in [6, 6.07) is 0. The third-order valence-corrected chi connectivity index (χ3v) is 2.83. The van der Waals surface area contributed by atoms with E-state index in [2.05, 4.69) is 2.84 Å². The Balaban J connectivity index is -0.000000320. The molecule has 0 bridgehead atoms. The van der Waals surface area contributed by atoms with Gasteiger partial charge in [0.1, 0.15) is 0 Å². The van der Waals surface area contributed by atoms with E-state index < -0.39 is 27.2 Å². The van der Waals surface area contributed by atoms with Gasteiger partial charge in [-0.25, -0.2) is 0 Å². The van der Waals surface area contributed by atoms with E-state index in [0.29, 0.717) is 0 Å². The van der Waals surface area contributed by atoms with Gasteiger partial charge in [-0.05, 0) is 0 Å². The van der Waals surface area contributed by atoms with E-state index in [9.17, 15) is 23.5 Å². The van der Waals surface area contributed by atoms with Gasteiger partial charge in [0, 0.05) is 0 Å². The van der Waals surface area contributed by atoms with Crippen LogP contribution in [0.25, 0.3) is 0 Å². The predicted molar refractivity (Wildman–Crippen MR) is 3.83 cm³/mol. The van der Waals surface area contributed by atoms with Crippen LogP contribution in [-0.4, -0.2) is 0 Å². The summed E-state index contributed by atoms with van der Waals surface area (Å²) in [4.78, 5) is 0. The quantitative estimate of drug-likeness (QED) is 0.459. The van der Waals surface area contributed by atoms with Gasteiger partial charge in [-0.3, -0.25) is 0 Å². The predicted octanol–water partition coefficient (Wildman–Crippen LogP) is -8.92. The van der Waals surface area contributed by atoms with Gasteiger partial charge in [0.15, 0.2) is 0 Å². The van der Waals surface area contributed by atoms with Crippen molar-refractivity contribution in [2.45, 2.75) is 0 Å². The van der Waals surface area contributed by atoms with Crippen molar-refractivity contribution in [3.63, 3.8) is 0 Å². The average Bonchev–Trinajstić information content (AvgIpc) is 1.14. The van der Waals surface area contributed by atoms with E-state index in [4.69, 9.17) is 0 Å². The monoisotopic (exact) mass is 278 g/mol. The first-order valence-electron chi connectivity index (χ1n) is 1.33. The Kier molecular flexibility index (Phi) is 12.5. The van der Waals surface area contributed by atoms with Crippen LogP contribution in [0.1, 0.15) is 0 Å². The molecule has 0 aromatic heterocycles. The molecule has 11 heavy (non-hydrogen) atoms. The summed E-state index contributed by atoms with van der Waals surface area (Å²) in [5.41, 5.74) is 0. The summed E-state index contributed by atoms with van der Waals surface area (Å²) in [6.45, 7) is 0. The molecule has 0 saturated heterocycles. The summed E-state index contributed by atoms with van der Waals surface area (Å²) < 4.78 is 58.9. The van der Waals surface area contributed by atoms with Gasteiger partial charge in [0.25, 0.3) is 0 Å². The molecule has 0 unspecified atom stereocenters. The Morgan fingerprint density at radius 1 is 0.909 bits per heavy atom. The second kappa shape index (κ2) is 7.12. The van der Waals surface area contributed by atoms with Crippen LogP contribution in [0, 0.1) is 0 Å². The van der Waals surface area contributed by atoms with E-state index in [0.717, 1.165) is 0 Å². The zero-order valence-electron chi connectivity index (χ0n) is 5.67. The molecule has 0 aliphatic rings. The fourth-order valence-corrected chi connectivity index (χ4v) is 1.74. The fraction of sp³-hybridized carbons (Fsp3) is 0. The molecule has 0 saturated carbocycles. The number of hydrogen-bond donors (Lipinski definition) is 0. The third kappa shape index (κ3) is 19.3. The minimum absolute atomic E-state index is 0. The SMILES string of the molecule is [K+].[Na+].[O]=[Cr](=[O])([O-])[O][Cr](=[O])(=[O])[O-]. The molecule has 0 spiro atoms. The zero-order valence-corrected chi connectivity index (χ0v) is 13.3. The van der Waals surface area contributed by atoms with Crippen LogP contribution in [0.2, 0.25) is 0 Å². The topological polar surface area (TPSA) is 124 Å². The van der Waals surface area contributed by atoms with E-state index in [-0.39, 0.29) is 80.9 Å². The maximum atomic E-state index is 9.38. The maximum absolute atomic E-state index is 9.38. The summed E-state index contributed by atoms with van der Waals surface area (Å²) in [7, 11) is 0. The van der Waals surface area contributed by atoms with Gasteiger partial charge in [-0.1, -0.05) is 0 Å². The molecule has 0 fully saturated rings. The number of rotatable bonds is 2. The molecule has 11 heteroatoms. The third-order valence-electron chi connectivity index (χ3n) is 0.167. The first kappa shape index (κ1) is 19.4. The van der Waals surface area contributed by atoms with E-state index in [1.165, 1.54) is 0 Å². The molecule has 0 rings (SSSR count). The van der Waals surface area contributed by atoms with Crippen molar-refractivity contribution in [3.05, 3.63) is 0 Å². The Morgan fingerprint density at radius 2 is 1.09 bits per heavy atom. The molecule has 7 nitrogen and oxygen atoms in total. The molecular formula is Cr2KNaO7. The van der Waals surface area contributed by atoms with Crippen molar-refractivity contribution in [2.24, 2.45) is 0 Å². The molecular weight excluding hydrogens is 278 g/mol. The molecule has 0 heterocycles. The second-order valence-electron chi connectivity index (χ2n) is 0.885. The summed E-state index contributed by atoms with van der Waals surface area (Å²) in [5.74, 6) is 0. The molecule has 0 N–H and O–H groups in total. The van der Waals surface area contributed by atoms with Gasteiger partial charge in [-0.15, -0.1) is 0 Å². The molecule has 0 atom stereocenters. The van der Waals surface area contributed by atoms with Crippen LogP contribution < -0.4 is 89.3 Å². The summed E-state index contributed by atoms with van der Waals surface area (Å²) >= 11 is -12.1. The molecule has 0 aliphatic heterocycles. The number of hydrogen-bond acceptors (Lipinski definition) is 7.